The fraction of sp³-hybridized carbons (Fsp3) is 0.692. The van der Waals surface area contributed by atoms with E-state index in [1.165, 1.54) is 15.5 Å². The molecule has 1 aromatic rings. The van der Waals surface area contributed by atoms with E-state index in [0.717, 1.165) is 5.01 Å². The largest absolute Gasteiger partial charge is 0.348 e. The highest BCUT2D eigenvalue weighted by Gasteiger charge is 2.32. The van der Waals surface area contributed by atoms with Gasteiger partial charge in [0.15, 0.2) is 0 Å². The van der Waals surface area contributed by atoms with Crippen LogP contribution in [0.15, 0.2) is 11.6 Å². The molecule has 7 nitrogen and oxygen atoms in total. The molecule has 1 amide bonds. The van der Waals surface area contributed by atoms with E-state index in [1.54, 1.807) is 31.6 Å². The van der Waals surface area contributed by atoms with E-state index in [1.807, 2.05) is 5.38 Å². The summed E-state index contributed by atoms with van der Waals surface area (Å²) in [6, 6.07) is 0. The third-order valence-corrected chi connectivity index (χ3v) is 5.70. The lowest BCUT2D eigenvalue weighted by atomic mass is 10.1. The Kier molecular flexibility index (Phi) is 5.54. The van der Waals surface area contributed by atoms with Crippen molar-refractivity contribution >= 4 is 27.3 Å². The van der Waals surface area contributed by atoms with Gasteiger partial charge in [0.1, 0.15) is 5.01 Å². The minimum Gasteiger partial charge on any atom is -0.348 e. The van der Waals surface area contributed by atoms with Crippen LogP contribution in [0.5, 0.6) is 0 Å². The summed E-state index contributed by atoms with van der Waals surface area (Å²) in [5.41, 5.74) is 0. The van der Waals surface area contributed by atoms with Gasteiger partial charge in [0.2, 0.25) is 15.9 Å². The monoisotopic (exact) mass is 346 g/mol. The number of amides is 1. The first-order chi connectivity index (χ1) is 10.3. The first-order valence-corrected chi connectivity index (χ1v) is 9.77. The minimum atomic E-state index is -3.30. The summed E-state index contributed by atoms with van der Waals surface area (Å²) in [7, 11) is 0.0913. The average Bonchev–Trinajstić information content (AvgIpc) is 2.82. The molecule has 0 bridgehead atoms. The van der Waals surface area contributed by atoms with Crippen molar-refractivity contribution in [3.8, 4) is 0 Å². The SMILES string of the molecule is CN(C)C(=O)C1CN(Cc2nccs2)CCN(S(C)(=O)=O)C1. The van der Waals surface area contributed by atoms with Gasteiger partial charge in [0, 0.05) is 51.9 Å². The van der Waals surface area contributed by atoms with Crippen molar-refractivity contribution in [1.82, 2.24) is 19.1 Å². The molecule has 1 atom stereocenters. The summed E-state index contributed by atoms with van der Waals surface area (Å²) >= 11 is 1.57. The zero-order valence-corrected chi connectivity index (χ0v) is 14.7. The molecule has 1 aromatic heterocycles. The normalized spacial score (nSPS) is 21.5. The number of thiazole rings is 1. The Bertz CT molecular complexity index is 601. The Morgan fingerprint density at radius 3 is 2.68 bits per heavy atom. The molecule has 1 unspecified atom stereocenters. The number of hydrogen-bond donors (Lipinski definition) is 0. The molecule has 0 N–H and O–H groups in total. The Morgan fingerprint density at radius 2 is 2.14 bits per heavy atom. The second-order valence-electron chi connectivity index (χ2n) is 5.71. The average molecular weight is 346 g/mol. The molecule has 0 radical (unpaired) electrons. The van der Waals surface area contributed by atoms with Crippen LogP contribution in [0, 0.1) is 5.92 Å². The first-order valence-electron chi connectivity index (χ1n) is 7.04. The van der Waals surface area contributed by atoms with Crippen LogP contribution < -0.4 is 0 Å². The van der Waals surface area contributed by atoms with Gasteiger partial charge in [-0.05, 0) is 0 Å². The van der Waals surface area contributed by atoms with Crippen LogP contribution in [-0.4, -0.2) is 79.9 Å². The van der Waals surface area contributed by atoms with E-state index in [-0.39, 0.29) is 18.4 Å². The fourth-order valence-corrected chi connectivity index (χ4v) is 4.06. The number of aromatic nitrogens is 1. The lowest BCUT2D eigenvalue weighted by molar-refractivity contribution is -0.133. The highest BCUT2D eigenvalue weighted by Crippen LogP contribution is 2.17. The number of hydrogen-bond acceptors (Lipinski definition) is 6. The van der Waals surface area contributed by atoms with Gasteiger partial charge in [-0.2, -0.15) is 0 Å². The van der Waals surface area contributed by atoms with Crippen molar-refractivity contribution in [2.75, 3.05) is 46.5 Å². The van der Waals surface area contributed by atoms with Crippen LogP contribution in [0.3, 0.4) is 0 Å². The lowest BCUT2D eigenvalue weighted by Crippen LogP contribution is -2.41. The summed E-state index contributed by atoms with van der Waals surface area (Å²) in [5.74, 6) is -0.396. The van der Waals surface area contributed by atoms with E-state index in [2.05, 4.69) is 9.88 Å². The molecule has 2 rings (SSSR count). The Balaban J connectivity index is 2.16. The van der Waals surface area contributed by atoms with Crippen molar-refractivity contribution in [2.45, 2.75) is 6.54 Å². The van der Waals surface area contributed by atoms with Gasteiger partial charge in [0.05, 0.1) is 18.7 Å². The van der Waals surface area contributed by atoms with E-state index in [9.17, 15) is 13.2 Å². The summed E-state index contributed by atoms with van der Waals surface area (Å²) in [6.07, 6.45) is 2.95. The van der Waals surface area contributed by atoms with Crippen LogP contribution in [0.25, 0.3) is 0 Å². The highest BCUT2D eigenvalue weighted by atomic mass is 32.2. The molecule has 1 fully saturated rings. The number of rotatable bonds is 4. The lowest BCUT2D eigenvalue weighted by Gasteiger charge is -2.25. The Labute approximate surface area is 135 Å². The van der Waals surface area contributed by atoms with Crippen LogP contribution in [-0.2, 0) is 21.4 Å². The highest BCUT2D eigenvalue weighted by molar-refractivity contribution is 7.88. The molecular formula is C13H22N4O3S2. The zero-order chi connectivity index (χ0) is 16.3. The van der Waals surface area contributed by atoms with Crippen molar-refractivity contribution in [1.29, 1.82) is 0 Å². The molecule has 22 heavy (non-hydrogen) atoms. The van der Waals surface area contributed by atoms with E-state index < -0.39 is 10.0 Å². The topological polar surface area (TPSA) is 73.8 Å². The predicted molar refractivity (Wildman–Crippen MR) is 86.0 cm³/mol. The van der Waals surface area contributed by atoms with Gasteiger partial charge in [-0.1, -0.05) is 0 Å². The maximum absolute atomic E-state index is 12.3. The van der Waals surface area contributed by atoms with Crippen LogP contribution in [0.2, 0.25) is 0 Å². The third-order valence-electron chi connectivity index (χ3n) is 3.67. The molecule has 0 spiro atoms. The number of nitrogens with zero attached hydrogens (tertiary/aromatic N) is 4. The minimum absolute atomic E-state index is 0.0420. The standard InChI is InChI=1S/C13H22N4O3S2/c1-15(2)13(18)11-8-16(10-12-14-4-7-21-12)5-6-17(9-11)22(3,19)20/h4,7,11H,5-6,8-10H2,1-3H3. The molecule has 0 aromatic carbocycles. The summed E-state index contributed by atoms with van der Waals surface area (Å²) in [4.78, 5) is 20.2. The van der Waals surface area contributed by atoms with Crippen molar-refractivity contribution < 1.29 is 13.2 Å². The molecule has 2 heterocycles. The summed E-state index contributed by atoms with van der Waals surface area (Å²) < 4.78 is 25.1. The molecule has 0 saturated carbocycles. The smallest absolute Gasteiger partial charge is 0.227 e. The second-order valence-corrected chi connectivity index (χ2v) is 8.67. The van der Waals surface area contributed by atoms with Gasteiger partial charge < -0.3 is 4.90 Å². The molecule has 1 aliphatic rings. The maximum Gasteiger partial charge on any atom is 0.227 e. The van der Waals surface area contributed by atoms with Gasteiger partial charge in [0.25, 0.3) is 0 Å². The Hall–Kier alpha value is -1.03. The number of carbonyl (C=O) groups excluding carboxylic acids is 1. The molecule has 124 valence electrons. The van der Waals surface area contributed by atoms with Gasteiger partial charge in [-0.15, -0.1) is 11.3 Å². The molecule has 1 aliphatic heterocycles. The molecule has 9 heteroatoms. The summed E-state index contributed by atoms with van der Waals surface area (Å²) in [5, 5.41) is 2.89. The molecule has 1 saturated heterocycles. The van der Waals surface area contributed by atoms with Crippen LogP contribution in [0.4, 0.5) is 0 Å². The first kappa shape index (κ1) is 17.3. The van der Waals surface area contributed by atoms with Crippen LogP contribution in [0.1, 0.15) is 5.01 Å². The van der Waals surface area contributed by atoms with E-state index >= 15 is 0 Å². The van der Waals surface area contributed by atoms with Crippen molar-refractivity contribution in [3.63, 3.8) is 0 Å². The predicted octanol–water partition coefficient (Wildman–Crippen LogP) is -0.0753. The number of carbonyl (C=O) groups is 1. The number of sulfonamides is 1. The van der Waals surface area contributed by atoms with Crippen molar-refractivity contribution in [3.05, 3.63) is 16.6 Å². The van der Waals surface area contributed by atoms with E-state index in [0.29, 0.717) is 26.2 Å². The fourth-order valence-electron chi connectivity index (χ4n) is 2.54. The maximum atomic E-state index is 12.3. The second kappa shape index (κ2) is 7.03. The zero-order valence-electron chi connectivity index (χ0n) is 13.1. The van der Waals surface area contributed by atoms with Gasteiger partial charge in [-0.3, -0.25) is 9.69 Å². The molecule has 0 aliphatic carbocycles. The quantitative estimate of drug-likeness (QED) is 0.763. The summed E-state index contributed by atoms with van der Waals surface area (Å²) in [6.45, 7) is 2.44. The van der Waals surface area contributed by atoms with Crippen LogP contribution >= 0.6 is 11.3 Å². The van der Waals surface area contributed by atoms with E-state index in [4.69, 9.17) is 0 Å². The van der Waals surface area contributed by atoms with Gasteiger partial charge in [-0.25, -0.2) is 17.7 Å². The third kappa shape index (κ3) is 4.48. The molecular weight excluding hydrogens is 324 g/mol. The van der Waals surface area contributed by atoms with Gasteiger partial charge >= 0.3 is 0 Å². The van der Waals surface area contributed by atoms with Crippen molar-refractivity contribution in [2.24, 2.45) is 5.92 Å². The Morgan fingerprint density at radius 1 is 1.41 bits per heavy atom.